The van der Waals surface area contributed by atoms with Crippen LogP contribution in [0.2, 0.25) is 0 Å². The van der Waals surface area contributed by atoms with E-state index in [-0.39, 0.29) is 42.3 Å². The normalized spacial score (nSPS) is 20.9. The van der Waals surface area contributed by atoms with Gasteiger partial charge in [0.1, 0.15) is 0 Å². The zero-order chi connectivity index (χ0) is 21.7. The number of nitrogens with zero attached hydrogens (tertiary/aromatic N) is 3. The second-order valence-corrected chi connectivity index (χ2v) is 8.26. The van der Waals surface area contributed by atoms with Gasteiger partial charge >= 0.3 is 6.03 Å². The first kappa shape index (κ1) is 22.1. The largest absolute Gasteiger partial charge is 0.353 e. The van der Waals surface area contributed by atoms with Crippen molar-refractivity contribution < 1.29 is 14.4 Å². The molecule has 4 amide bonds. The Balaban J connectivity index is 1.49. The maximum atomic E-state index is 12.8. The fourth-order valence-electron chi connectivity index (χ4n) is 4.42. The van der Waals surface area contributed by atoms with Gasteiger partial charge in [0.15, 0.2) is 0 Å². The average molecular weight is 415 g/mol. The third kappa shape index (κ3) is 4.94. The van der Waals surface area contributed by atoms with Crippen molar-refractivity contribution in [2.45, 2.75) is 52.1 Å². The maximum absolute atomic E-state index is 12.8. The number of amides is 4. The Morgan fingerprint density at radius 3 is 2.37 bits per heavy atom. The van der Waals surface area contributed by atoms with Crippen molar-refractivity contribution in [1.82, 2.24) is 20.0 Å². The molecule has 2 heterocycles. The number of rotatable bonds is 6. The number of hydrogen-bond acceptors (Lipinski definition) is 3. The van der Waals surface area contributed by atoms with Crippen molar-refractivity contribution in [2.24, 2.45) is 5.92 Å². The summed E-state index contributed by atoms with van der Waals surface area (Å²) in [5.74, 6) is -0.315. The van der Waals surface area contributed by atoms with Gasteiger partial charge in [-0.05, 0) is 39.2 Å². The van der Waals surface area contributed by atoms with Crippen LogP contribution < -0.4 is 5.32 Å². The summed E-state index contributed by atoms with van der Waals surface area (Å²) in [4.78, 5) is 43.3. The van der Waals surface area contributed by atoms with E-state index in [1.54, 1.807) is 0 Å². The third-order valence-electron chi connectivity index (χ3n) is 6.42. The molecule has 0 spiro atoms. The third-order valence-corrected chi connectivity index (χ3v) is 6.42. The summed E-state index contributed by atoms with van der Waals surface area (Å²) in [6, 6.07) is 10.0. The molecule has 2 aliphatic heterocycles. The molecule has 1 aromatic carbocycles. The molecule has 2 atom stereocenters. The number of urea groups is 1. The van der Waals surface area contributed by atoms with E-state index in [9.17, 15) is 14.4 Å². The Morgan fingerprint density at radius 1 is 1.13 bits per heavy atom. The van der Waals surface area contributed by atoms with Gasteiger partial charge in [0.2, 0.25) is 11.8 Å². The lowest BCUT2D eigenvalue weighted by molar-refractivity contribution is -0.130. The van der Waals surface area contributed by atoms with E-state index in [4.69, 9.17) is 0 Å². The Morgan fingerprint density at radius 2 is 1.77 bits per heavy atom. The molecule has 1 N–H and O–H groups in total. The summed E-state index contributed by atoms with van der Waals surface area (Å²) >= 11 is 0. The van der Waals surface area contributed by atoms with Gasteiger partial charge in [-0.1, -0.05) is 30.3 Å². The molecule has 30 heavy (non-hydrogen) atoms. The van der Waals surface area contributed by atoms with E-state index in [0.717, 1.165) is 18.4 Å². The topological polar surface area (TPSA) is 73.0 Å². The molecule has 0 saturated carbocycles. The van der Waals surface area contributed by atoms with Crippen molar-refractivity contribution in [3.05, 3.63) is 35.9 Å². The lowest BCUT2D eigenvalue weighted by Crippen LogP contribution is -2.51. The molecule has 7 heteroatoms. The maximum Gasteiger partial charge on any atom is 0.319 e. The minimum atomic E-state index is -0.306. The van der Waals surface area contributed by atoms with Gasteiger partial charge in [-0.25, -0.2) is 4.79 Å². The minimum absolute atomic E-state index is 0.0335. The van der Waals surface area contributed by atoms with E-state index in [1.807, 2.05) is 65.8 Å². The zero-order valence-electron chi connectivity index (χ0n) is 18.3. The molecule has 0 aromatic heterocycles. The second-order valence-electron chi connectivity index (χ2n) is 8.26. The Bertz CT molecular complexity index is 742. The average Bonchev–Trinajstić information content (AvgIpc) is 3.17. The highest BCUT2D eigenvalue weighted by Crippen LogP contribution is 2.28. The molecule has 0 aliphatic carbocycles. The van der Waals surface area contributed by atoms with Gasteiger partial charge in [0.25, 0.3) is 0 Å². The van der Waals surface area contributed by atoms with Crippen LogP contribution in [0.5, 0.6) is 0 Å². The number of carbonyl (C=O) groups excluding carboxylic acids is 3. The first-order valence-corrected chi connectivity index (χ1v) is 11.1. The standard InChI is InChI=1S/C23H34N4O3/c1-4-25(5-2)23(30)26-13-11-20(12-14-26)24-22(29)19-15-21(28)27(16-19)17(3)18-9-7-6-8-10-18/h6-10,17,19-20H,4-5,11-16H2,1-3H3,(H,24,29). The van der Waals surface area contributed by atoms with Crippen molar-refractivity contribution in [1.29, 1.82) is 0 Å². The first-order chi connectivity index (χ1) is 14.4. The van der Waals surface area contributed by atoms with Crippen molar-refractivity contribution in [3.63, 3.8) is 0 Å². The highest BCUT2D eigenvalue weighted by Gasteiger charge is 2.38. The lowest BCUT2D eigenvalue weighted by atomic mass is 10.0. The fraction of sp³-hybridized carbons (Fsp3) is 0.609. The SMILES string of the molecule is CCN(CC)C(=O)N1CCC(NC(=O)C2CC(=O)N(C(C)c3ccccc3)C2)CC1. The minimum Gasteiger partial charge on any atom is -0.353 e. The van der Waals surface area contributed by atoms with E-state index >= 15 is 0 Å². The smallest absolute Gasteiger partial charge is 0.319 e. The monoisotopic (exact) mass is 414 g/mol. The number of likely N-dealkylation sites (tertiary alicyclic amines) is 2. The van der Waals surface area contributed by atoms with Crippen LogP contribution >= 0.6 is 0 Å². The van der Waals surface area contributed by atoms with E-state index in [0.29, 0.717) is 32.7 Å². The molecular weight excluding hydrogens is 380 g/mol. The molecule has 0 radical (unpaired) electrons. The van der Waals surface area contributed by atoms with E-state index in [2.05, 4.69) is 5.32 Å². The van der Waals surface area contributed by atoms with Gasteiger partial charge in [0, 0.05) is 45.2 Å². The molecule has 3 rings (SSSR count). The fourth-order valence-corrected chi connectivity index (χ4v) is 4.42. The number of benzene rings is 1. The predicted octanol–water partition coefficient (Wildman–Crippen LogP) is 2.64. The molecule has 7 nitrogen and oxygen atoms in total. The molecule has 0 bridgehead atoms. The van der Waals surface area contributed by atoms with Crippen LogP contribution in [0.4, 0.5) is 4.79 Å². The number of hydrogen-bond donors (Lipinski definition) is 1. The molecule has 2 aliphatic rings. The molecule has 2 fully saturated rings. The Hall–Kier alpha value is -2.57. The van der Waals surface area contributed by atoms with Gasteiger partial charge in [-0.3, -0.25) is 9.59 Å². The van der Waals surface area contributed by atoms with E-state index in [1.165, 1.54) is 0 Å². The molecule has 2 unspecified atom stereocenters. The first-order valence-electron chi connectivity index (χ1n) is 11.1. The predicted molar refractivity (Wildman–Crippen MR) is 116 cm³/mol. The summed E-state index contributed by atoms with van der Waals surface area (Å²) < 4.78 is 0. The molecule has 2 saturated heterocycles. The Labute approximate surface area is 179 Å². The highest BCUT2D eigenvalue weighted by atomic mass is 16.2. The van der Waals surface area contributed by atoms with Crippen molar-refractivity contribution in [2.75, 3.05) is 32.7 Å². The summed E-state index contributed by atoms with van der Waals surface area (Å²) in [6.45, 7) is 9.16. The number of piperidine rings is 1. The Kier molecular flexibility index (Phi) is 7.34. The van der Waals surface area contributed by atoms with E-state index < -0.39 is 0 Å². The van der Waals surface area contributed by atoms with Crippen LogP contribution in [0.3, 0.4) is 0 Å². The summed E-state index contributed by atoms with van der Waals surface area (Å²) in [6.07, 6.45) is 1.77. The summed E-state index contributed by atoms with van der Waals surface area (Å²) in [5, 5.41) is 3.13. The van der Waals surface area contributed by atoms with Crippen LogP contribution in [0, 0.1) is 5.92 Å². The summed E-state index contributed by atoms with van der Waals surface area (Å²) in [5.41, 5.74) is 1.08. The molecular formula is C23H34N4O3. The molecule has 164 valence electrons. The van der Waals surface area contributed by atoms with Crippen molar-refractivity contribution in [3.8, 4) is 0 Å². The van der Waals surface area contributed by atoms with Gasteiger partial charge in [-0.2, -0.15) is 0 Å². The molecule has 1 aromatic rings. The quantitative estimate of drug-likeness (QED) is 0.778. The van der Waals surface area contributed by atoms with Gasteiger partial charge < -0.3 is 20.0 Å². The van der Waals surface area contributed by atoms with Crippen LogP contribution in [0.1, 0.15) is 51.6 Å². The van der Waals surface area contributed by atoms with Gasteiger partial charge in [-0.15, -0.1) is 0 Å². The number of carbonyl (C=O) groups is 3. The van der Waals surface area contributed by atoms with Crippen LogP contribution in [-0.4, -0.2) is 71.3 Å². The van der Waals surface area contributed by atoms with Crippen LogP contribution in [-0.2, 0) is 9.59 Å². The lowest BCUT2D eigenvalue weighted by Gasteiger charge is -2.35. The van der Waals surface area contributed by atoms with Crippen LogP contribution in [0.15, 0.2) is 30.3 Å². The second kappa shape index (κ2) is 9.96. The van der Waals surface area contributed by atoms with Crippen LogP contribution in [0.25, 0.3) is 0 Å². The highest BCUT2D eigenvalue weighted by molar-refractivity contribution is 5.89. The zero-order valence-corrected chi connectivity index (χ0v) is 18.3. The number of nitrogens with one attached hydrogen (secondary N) is 1. The van der Waals surface area contributed by atoms with Gasteiger partial charge in [0.05, 0.1) is 12.0 Å². The van der Waals surface area contributed by atoms with Crippen molar-refractivity contribution >= 4 is 17.8 Å². The summed E-state index contributed by atoms with van der Waals surface area (Å²) in [7, 11) is 0.